The number of rotatable bonds is 5. The van der Waals surface area contributed by atoms with Crippen molar-refractivity contribution in [3.05, 3.63) is 76.1 Å². The zero-order chi connectivity index (χ0) is 19.7. The van der Waals surface area contributed by atoms with E-state index in [4.69, 9.17) is 16.1 Å². The molecule has 0 saturated carbocycles. The van der Waals surface area contributed by atoms with Crippen LogP contribution in [0.5, 0.6) is 5.75 Å². The molecule has 8 heteroatoms. The first kappa shape index (κ1) is 18.9. The summed E-state index contributed by atoms with van der Waals surface area (Å²) < 4.78 is 18.6. The molecule has 2 N–H and O–H groups in total. The summed E-state index contributed by atoms with van der Waals surface area (Å²) in [4.78, 5) is 6.46. The molecule has 0 aliphatic carbocycles. The number of benzene rings is 2. The van der Waals surface area contributed by atoms with E-state index in [0.717, 1.165) is 5.56 Å². The molecular weight excluding hydrogens is 385 g/mol. The number of aliphatic hydroxyl groups excluding tert-OH is 1. The highest BCUT2D eigenvalue weighted by atomic mass is 35.5. The number of para-hydroxylation sites is 1. The fraction of sp³-hybridized carbons (Fsp3) is 0.300. The first-order chi connectivity index (χ1) is 13.5. The van der Waals surface area contributed by atoms with Crippen LogP contribution in [-0.4, -0.2) is 37.9 Å². The number of hydrogen-bond donors (Lipinski definition) is 2. The average molecular weight is 404 g/mol. The van der Waals surface area contributed by atoms with Gasteiger partial charge in [0.1, 0.15) is 11.6 Å². The minimum Gasteiger partial charge on any atom is -0.508 e. The lowest BCUT2D eigenvalue weighted by Gasteiger charge is -2.21. The van der Waals surface area contributed by atoms with Crippen LogP contribution in [-0.2, 0) is 13.0 Å². The Bertz CT molecular complexity index is 981. The third-order valence-corrected chi connectivity index (χ3v) is 5.23. The Kier molecular flexibility index (Phi) is 5.30. The minimum atomic E-state index is -0.516. The van der Waals surface area contributed by atoms with Gasteiger partial charge in [0.2, 0.25) is 5.89 Å². The largest absolute Gasteiger partial charge is 0.508 e. The van der Waals surface area contributed by atoms with E-state index in [1.165, 1.54) is 12.1 Å². The molecule has 146 valence electrons. The van der Waals surface area contributed by atoms with Crippen molar-refractivity contribution in [2.45, 2.75) is 31.5 Å². The molecule has 0 radical (unpaired) electrons. The van der Waals surface area contributed by atoms with Crippen molar-refractivity contribution in [1.29, 1.82) is 0 Å². The lowest BCUT2D eigenvalue weighted by atomic mass is 10.1. The van der Waals surface area contributed by atoms with Crippen LogP contribution in [0, 0.1) is 5.82 Å². The second-order valence-corrected chi connectivity index (χ2v) is 7.33. The molecule has 1 aromatic heterocycles. The van der Waals surface area contributed by atoms with Crippen LogP contribution in [0.25, 0.3) is 0 Å². The summed E-state index contributed by atoms with van der Waals surface area (Å²) in [6.45, 7) is 0.899. The minimum absolute atomic E-state index is 0.208. The molecule has 6 nitrogen and oxygen atoms in total. The highest BCUT2D eigenvalue weighted by Gasteiger charge is 2.36. The number of aliphatic hydroxyl groups is 1. The summed E-state index contributed by atoms with van der Waals surface area (Å²) in [6.07, 6.45) is 0.266. The fourth-order valence-corrected chi connectivity index (χ4v) is 3.72. The quantitative estimate of drug-likeness (QED) is 0.678. The van der Waals surface area contributed by atoms with E-state index in [1.807, 2.05) is 17.0 Å². The molecule has 0 spiro atoms. The predicted octanol–water partition coefficient (Wildman–Crippen LogP) is 3.47. The van der Waals surface area contributed by atoms with Gasteiger partial charge in [-0.3, -0.25) is 4.90 Å². The Balaban J connectivity index is 1.52. The van der Waals surface area contributed by atoms with Crippen LogP contribution in [0.4, 0.5) is 4.39 Å². The van der Waals surface area contributed by atoms with Crippen LogP contribution in [0.15, 0.2) is 47.0 Å². The van der Waals surface area contributed by atoms with E-state index in [-0.39, 0.29) is 11.8 Å². The van der Waals surface area contributed by atoms with Crippen LogP contribution in [0.3, 0.4) is 0 Å². The molecule has 4 rings (SSSR count). The summed E-state index contributed by atoms with van der Waals surface area (Å²) in [7, 11) is 0. The number of β-amino-alcohol motifs (C(OH)–C–C–N with tert-alkyl or cyclic N) is 1. The average Bonchev–Trinajstić information content (AvgIpc) is 3.26. The number of halogens is 2. The summed E-state index contributed by atoms with van der Waals surface area (Å²) in [6, 6.07) is 11.0. The Hall–Kier alpha value is -2.48. The van der Waals surface area contributed by atoms with Gasteiger partial charge in [-0.15, -0.1) is 0 Å². The molecule has 2 heterocycles. The van der Waals surface area contributed by atoms with Gasteiger partial charge in [-0.1, -0.05) is 41.0 Å². The maximum atomic E-state index is 13.2. The second kappa shape index (κ2) is 7.87. The van der Waals surface area contributed by atoms with Crippen LogP contribution >= 0.6 is 11.6 Å². The second-order valence-electron chi connectivity index (χ2n) is 6.92. The number of nitrogens with zero attached hydrogens (tertiary/aromatic N) is 3. The first-order valence-electron chi connectivity index (χ1n) is 8.95. The molecule has 1 saturated heterocycles. The third kappa shape index (κ3) is 4.01. The summed E-state index contributed by atoms with van der Waals surface area (Å²) >= 11 is 6.07. The zero-order valence-electron chi connectivity index (χ0n) is 14.9. The van der Waals surface area contributed by atoms with Crippen molar-refractivity contribution in [2.75, 3.05) is 6.54 Å². The molecule has 0 amide bonds. The van der Waals surface area contributed by atoms with E-state index in [2.05, 4.69) is 10.1 Å². The van der Waals surface area contributed by atoms with Crippen molar-refractivity contribution < 1.29 is 19.1 Å². The van der Waals surface area contributed by atoms with Crippen molar-refractivity contribution in [3.63, 3.8) is 0 Å². The van der Waals surface area contributed by atoms with Crippen LogP contribution < -0.4 is 0 Å². The van der Waals surface area contributed by atoms with E-state index in [1.54, 1.807) is 18.2 Å². The summed E-state index contributed by atoms with van der Waals surface area (Å²) in [5, 5.41) is 24.5. The Morgan fingerprint density at radius 3 is 2.82 bits per heavy atom. The number of aromatic hydroxyl groups is 1. The van der Waals surface area contributed by atoms with Crippen LogP contribution in [0.1, 0.15) is 35.3 Å². The Morgan fingerprint density at radius 2 is 2.04 bits per heavy atom. The van der Waals surface area contributed by atoms with Gasteiger partial charge in [-0.05, 0) is 30.2 Å². The fourth-order valence-electron chi connectivity index (χ4n) is 3.48. The highest BCUT2D eigenvalue weighted by Crippen LogP contribution is 2.34. The molecular formula is C20H19ClFN3O3. The smallest absolute Gasteiger partial charge is 0.244 e. The van der Waals surface area contributed by atoms with Crippen molar-refractivity contribution in [3.8, 4) is 5.75 Å². The SMILES string of the molecule is Oc1ccccc1CN1C[C@H](O)C[C@H]1c1nc(Cc2ccc(F)cc2Cl)no1. The molecule has 3 aromatic rings. The van der Waals surface area contributed by atoms with E-state index >= 15 is 0 Å². The van der Waals surface area contributed by atoms with Crippen molar-refractivity contribution in [1.82, 2.24) is 15.0 Å². The van der Waals surface area contributed by atoms with Gasteiger partial charge in [-0.25, -0.2) is 4.39 Å². The number of hydrogen-bond acceptors (Lipinski definition) is 6. The Morgan fingerprint density at radius 1 is 1.21 bits per heavy atom. The van der Waals surface area contributed by atoms with Gasteiger partial charge >= 0.3 is 0 Å². The standard InChI is InChI=1S/C20H19ClFN3O3/c21-16-8-14(22)6-5-12(16)7-19-23-20(28-24-19)17-9-15(26)11-25(17)10-13-3-1-2-4-18(13)27/h1-6,8,15,17,26-27H,7,9-11H2/t15-,17+/m1/s1. The summed E-state index contributed by atoms with van der Waals surface area (Å²) in [5.74, 6) is 0.648. The number of phenolic OH excluding ortho intramolecular Hbond substituents is 1. The lowest BCUT2D eigenvalue weighted by Crippen LogP contribution is -2.24. The van der Waals surface area contributed by atoms with Gasteiger partial charge in [0.05, 0.1) is 12.1 Å². The van der Waals surface area contributed by atoms with Gasteiger partial charge < -0.3 is 14.7 Å². The third-order valence-electron chi connectivity index (χ3n) is 4.88. The summed E-state index contributed by atoms with van der Waals surface area (Å²) in [5.41, 5.74) is 1.47. The Labute approximate surface area is 166 Å². The van der Waals surface area contributed by atoms with E-state index in [9.17, 15) is 14.6 Å². The monoisotopic (exact) mass is 403 g/mol. The van der Waals surface area contributed by atoms with Crippen molar-refractivity contribution in [2.24, 2.45) is 0 Å². The van der Waals surface area contributed by atoms with E-state index < -0.39 is 11.9 Å². The number of phenols is 1. The van der Waals surface area contributed by atoms with Crippen molar-refractivity contribution >= 4 is 11.6 Å². The van der Waals surface area contributed by atoms with Gasteiger partial charge in [-0.2, -0.15) is 4.98 Å². The van der Waals surface area contributed by atoms with E-state index in [0.29, 0.717) is 48.2 Å². The van der Waals surface area contributed by atoms with Crippen LogP contribution in [0.2, 0.25) is 5.02 Å². The molecule has 0 unspecified atom stereocenters. The van der Waals surface area contributed by atoms with Gasteiger partial charge in [0.25, 0.3) is 0 Å². The van der Waals surface area contributed by atoms with Gasteiger partial charge in [0.15, 0.2) is 5.82 Å². The zero-order valence-corrected chi connectivity index (χ0v) is 15.7. The normalized spacial score (nSPS) is 20.0. The molecule has 2 atom stereocenters. The van der Waals surface area contributed by atoms with Gasteiger partial charge in [0, 0.05) is 30.1 Å². The highest BCUT2D eigenvalue weighted by molar-refractivity contribution is 6.31. The molecule has 1 fully saturated rings. The topological polar surface area (TPSA) is 82.6 Å². The number of aromatic nitrogens is 2. The molecule has 0 bridgehead atoms. The molecule has 1 aliphatic rings. The lowest BCUT2D eigenvalue weighted by molar-refractivity contribution is 0.168. The predicted molar refractivity (Wildman–Crippen MR) is 100 cm³/mol. The molecule has 2 aromatic carbocycles. The molecule has 1 aliphatic heterocycles. The maximum Gasteiger partial charge on any atom is 0.244 e. The maximum absolute atomic E-state index is 13.2. The number of likely N-dealkylation sites (tertiary alicyclic amines) is 1. The first-order valence-corrected chi connectivity index (χ1v) is 9.33. The molecule has 28 heavy (non-hydrogen) atoms.